The summed E-state index contributed by atoms with van der Waals surface area (Å²) in [6, 6.07) is 9.24. The maximum absolute atomic E-state index is 15.2. The van der Waals surface area contributed by atoms with Crippen LogP contribution in [0.5, 0.6) is 0 Å². The van der Waals surface area contributed by atoms with Crippen LogP contribution in [0, 0.1) is 5.82 Å². The summed E-state index contributed by atoms with van der Waals surface area (Å²) in [5.41, 5.74) is 0.848. The molecule has 1 fully saturated rings. The van der Waals surface area contributed by atoms with Crippen molar-refractivity contribution in [3.63, 3.8) is 0 Å². The van der Waals surface area contributed by atoms with Gasteiger partial charge in [-0.3, -0.25) is 4.79 Å². The van der Waals surface area contributed by atoms with E-state index in [1.165, 1.54) is 15.8 Å². The molecule has 1 saturated heterocycles. The van der Waals surface area contributed by atoms with Crippen LogP contribution in [0.2, 0.25) is 5.02 Å². The maximum Gasteiger partial charge on any atom is 0.228 e. The molecule has 0 unspecified atom stereocenters. The molecule has 2 aromatic carbocycles. The third kappa shape index (κ3) is 4.42. The van der Waals surface area contributed by atoms with Crippen LogP contribution in [0.3, 0.4) is 0 Å². The number of fused-ring (bicyclic) bond motifs is 1. The molecule has 12 heteroatoms. The molecule has 0 atom stereocenters. The number of halogens is 2. The molecule has 0 aliphatic carbocycles. The number of anilines is 1. The topological polar surface area (TPSA) is 110 Å². The van der Waals surface area contributed by atoms with Gasteiger partial charge in [0.1, 0.15) is 5.82 Å². The zero-order valence-corrected chi connectivity index (χ0v) is 19.7. The van der Waals surface area contributed by atoms with Crippen LogP contribution < -0.4 is 10.2 Å². The van der Waals surface area contributed by atoms with Gasteiger partial charge in [0.25, 0.3) is 0 Å². The number of carbonyl (C=O) groups is 1. The van der Waals surface area contributed by atoms with Crippen molar-refractivity contribution < 1.29 is 17.6 Å². The van der Waals surface area contributed by atoms with E-state index in [9.17, 15) is 13.2 Å². The molecule has 0 spiro atoms. The summed E-state index contributed by atoms with van der Waals surface area (Å²) >= 11 is 5.96. The smallest absolute Gasteiger partial charge is 0.228 e. The van der Waals surface area contributed by atoms with Gasteiger partial charge in [0.15, 0.2) is 9.84 Å². The Morgan fingerprint density at radius 2 is 1.88 bits per heavy atom. The highest BCUT2D eigenvalue weighted by atomic mass is 35.5. The average molecular weight is 505 g/mol. The van der Waals surface area contributed by atoms with E-state index in [0.717, 1.165) is 37.6 Å². The molecule has 2 aliphatic heterocycles. The molecule has 0 bridgehead atoms. The molecule has 2 aliphatic rings. The van der Waals surface area contributed by atoms with E-state index in [0.29, 0.717) is 5.02 Å². The van der Waals surface area contributed by atoms with E-state index in [2.05, 4.69) is 20.7 Å². The van der Waals surface area contributed by atoms with Crippen molar-refractivity contribution in [1.29, 1.82) is 0 Å². The SMILES string of the molecule is O=C1CCS(=O)(=O)c2cc(F)c(-c3nnn(C4CCNCC4)n3)cc2N1Cc1ccc(Cl)cc1. The fraction of sp³-hybridized carbons (Fsp3) is 0.364. The van der Waals surface area contributed by atoms with Gasteiger partial charge >= 0.3 is 0 Å². The molecule has 0 saturated carbocycles. The summed E-state index contributed by atoms with van der Waals surface area (Å²) in [6.07, 6.45) is 1.44. The first kappa shape index (κ1) is 22.9. The van der Waals surface area contributed by atoms with Crippen LogP contribution >= 0.6 is 11.6 Å². The second-order valence-electron chi connectivity index (χ2n) is 8.39. The molecule has 1 amide bonds. The average Bonchev–Trinajstić information content (AvgIpc) is 3.30. The Morgan fingerprint density at radius 1 is 1.15 bits per heavy atom. The predicted molar refractivity (Wildman–Crippen MR) is 124 cm³/mol. The fourth-order valence-corrected chi connectivity index (χ4v) is 5.81. The number of aromatic nitrogens is 4. The maximum atomic E-state index is 15.2. The molecule has 5 rings (SSSR count). The Kier molecular flexibility index (Phi) is 6.09. The van der Waals surface area contributed by atoms with Gasteiger partial charge in [0.05, 0.1) is 34.5 Å². The van der Waals surface area contributed by atoms with E-state index in [4.69, 9.17) is 11.6 Å². The number of nitrogens with zero attached hydrogens (tertiary/aromatic N) is 5. The Labute approximate surface area is 200 Å². The van der Waals surface area contributed by atoms with Gasteiger partial charge in [-0.1, -0.05) is 23.7 Å². The van der Waals surface area contributed by atoms with Gasteiger partial charge in [0.2, 0.25) is 11.7 Å². The van der Waals surface area contributed by atoms with Gasteiger partial charge in [-0.15, -0.1) is 10.2 Å². The van der Waals surface area contributed by atoms with Crippen LogP contribution in [0.1, 0.15) is 30.9 Å². The molecule has 34 heavy (non-hydrogen) atoms. The van der Waals surface area contributed by atoms with E-state index >= 15 is 4.39 Å². The van der Waals surface area contributed by atoms with Crippen LogP contribution in [-0.4, -0.2) is 53.4 Å². The van der Waals surface area contributed by atoms with Crippen molar-refractivity contribution in [1.82, 2.24) is 25.5 Å². The fourth-order valence-electron chi connectivity index (χ4n) is 4.25. The minimum Gasteiger partial charge on any atom is -0.317 e. The Bertz CT molecular complexity index is 1340. The number of hydrogen-bond donors (Lipinski definition) is 1. The first-order valence-electron chi connectivity index (χ1n) is 10.9. The van der Waals surface area contributed by atoms with Crippen LogP contribution in [0.4, 0.5) is 10.1 Å². The number of amides is 1. The zero-order valence-electron chi connectivity index (χ0n) is 18.1. The number of benzene rings is 2. The summed E-state index contributed by atoms with van der Waals surface area (Å²) in [5, 5.41) is 16.3. The third-order valence-electron chi connectivity index (χ3n) is 6.12. The van der Waals surface area contributed by atoms with Crippen molar-refractivity contribution in [3.05, 3.63) is 52.8 Å². The van der Waals surface area contributed by atoms with E-state index in [1.807, 2.05) is 0 Å². The van der Waals surface area contributed by atoms with Crippen molar-refractivity contribution >= 4 is 33.0 Å². The number of hydrogen-bond acceptors (Lipinski definition) is 7. The lowest BCUT2D eigenvalue weighted by molar-refractivity contribution is -0.118. The number of rotatable bonds is 4. The quantitative estimate of drug-likeness (QED) is 0.581. The Morgan fingerprint density at radius 3 is 2.62 bits per heavy atom. The second-order valence-corrected chi connectivity index (χ2v) is 10.9. The molecule has 3 heterocycles. The summed E-state index contributed by atoms with van der Waals surface area (Å²) in [6.45, 7) is 1.77. The lowest BCUT2D eigenvalue weighted by atomic mass is 10.1. The standard InChI is InChI=1S/C22H22ClFN6O3S/c23-15-3-1-14(2-4-15)13-29-19-11-17(18(24)12-20(19)34(32,33)10-7-21(29)31)22-26-28-30(27-22)16-5-8-25-9-6-16/h1-4,11-12,16,25H,5-10,13H2. The van der Waals surface area contributed by atoms with Crippen molar-refractivity contribution in [2.24, 2.45) is 0 Å². The highest BCUT2D eigenvalue weighted by Crippen LogP contribution is 2.36. The van der Waals surface area contributed by atoms with Gasteiger partial charge in [-0.05, 0) is 61.0 Å². The first-order chi connectivity index (χ1) is 16.3. The van der Waals surface area contributed by atoms with Crippen LogP contribution in [0.25, 0.3) is 11.4 Å². The molecule has 1 aromatic heterocycles. The number of tetrazole rings is 1. The van der Waals surface area contributed by atoms with Crippen molar-refractivity contribution in [2.75, 3.05) is 23.7 Å². The largest absolute Gasteiger partial charge is 0.317 e. The van der Waals surface area contributed by atoms with Crippen LogP contribution in [0.15, 0.2) is 41.3 Å². The summed E-state index contributed by atoms with van der Waals surface area (Å²) in [7, 11) is -3.87. The van der Waals surface area contributed by atoms with E-state index < -0.39 is 15.7 Å². The highest BCUT2D eigenvalue weighted by Gasteiger charge is 2.33. The normalized spacial score (nSPS) is 18.5. The van der Waals surface area contributed by atoms with E-state index in [1.54, 1.807) is 24.3 Å². The molecular weight excluding hydrogens is 483 g/mol. The lowest BCUT2D eigenvalue weighted by Crippen LogP contribution is -2.30. The zero-order chi connectivity index (χ0) is 23.9. The van der Waals surface area contributed by atoms with Crippen molar-refractivity contribution in [3.8, 4) is 11.4 Å². The Hall–Kier alpha value is -2.89. The molecule has 9 nitrogen and oxygen atoms in total. The highest BCUT2D eigenvalue weighted by molar-refractivity contribution is 7.91. The lowest BCUT2D eigenvalue weighted by Gasteiger charge is -2.23. The van der Waals surface area contributed by atoms with Gasteiger partial charge in [-0.25, -0.2) is 12.8 Å². The number of carbonyl (C=O) groups excluding carboxylic acids is 1. The predicted octanol–water partition coefficient (Wildman–Crippen LogP) is 2.77. The molecule has 0 radical (unpaired) electrons. The van der Waals surface area contributed by atoms with Crippen LogP contribution in [-0.2, 0) is 21.2 Å². The van der Waals surface area contributed by atoms with Gasteiger partial charge < -0.3 is 10.2 Å². The summed E-state index contributed by atoms with van der Waals surface area (Å²) < 4.78 is 40.9. The number of piperidine rings is 1. The monoisotopic (exact) mass is 504 g/mol. The molecular formula is C22H22ClFN6O3S. The first-order valence-corrected chi connectivity index (χ1v) is 13.0. The molecule has 3 aromatic rings. The second kappa shape index (κ2) is 9.05. The van der Waals surface area contributed by atoms with Crippen molar-refractivity contribution in [2.45, 2.75) is 36.7 Å². The van der Waals surface area contributed by atoms with Gasteiger partial charge in [0, 0.05) is 11.4 Å². The third-order valence-corrected chi connectivity index (χ3v) is 8.11. The molecule has 178 valence electrons. The minimum absolute atomic E-state index is 0.00931. The number of nitrogens with one attached hydrogen (secondary N) is 1. The summed E-state index contributed by atoms with van der Waals surface area (Å²) in [4.78, 5) is 15.6. The van der Waals surface area contributed by atoms with E-state index in [-0.39, 0.29) is 52.6 Å². The number of sulfone groups is 1. The van der Waals surface area contributed by atoms with Gasteiger partial charge in [-0.2, -0.15) is 4.80 Å². The summed E-state index contributed by atoms with van der Waals surface area (Å²) in [5.74, 6) is -1.51. The molecule has 1 N–H and O–H groups in total. The Balaban J connectivity index is 1.58. The minimum atomic E-state index is -3.87.